The summed E-state index contributed by atoms with van der Waals surface area (Å²) in [4.78, 5) is 10.6. The summed E-state index contributed by atoms with van der Waals surface area (Å²) in [6.07, 6.45) is 2.66. The third kappa shape index (κ3) is 3.39. The summed E-state index contributed by atoms with van der Waals surface area (Å²) in [6, 6.07) is 8.21. The number of aromatic nitrogens is 2. The van der Waals surface area contributed by atoms with Gasteiger partial charge in [0.05, 0.1) is 6.20 Å². The molecule has 0 fully saturated rings. The van der Waals surface area contributed by atoms with Crippen LogP contribution in [-0.4, -0.2) is 23.6 Å². The van der Waals surface area contributed by atoms with Crippen LogP contribution in [0.3, 0.4) is 0 Å². The van der Waals surface area contributed by atoms with Crippen molar-refractivity contribution in [3.8, 4) is 0 Å². The Morgan fingerprint density at radius 3 is 2.85 bits per heavy atom. The summed E-state index contributed by atoms with van der Waals surface area (Å²) in [6.45, 7) is 5.01. The number of anilines is 3. The second-order valence-electron chi connectivity index (χ2n) is 4.69. The zero-order valence-electron chi connectivity index (χ0n) is 12.0. The molecule has 0 spiro atoms. The predicted octanol–water partition coefficient (Wildman–Crippen LogP) is 4.03. The molecule has 2 aromatic rings. The highest BCUT2D eigenvalue weighted by Gasteiger charge is 2.12. The first kappa shape index (κ1) is 14.6. The third-order valence-electron chi connectivity index (χ3n) is 2.97. The Kier molecular flexibility index (Phi) is 4.79. The third-order valence-corrected chi connectivity index (χ3v) is 3.23. The number of nitrogens with zero attached hydrogens (tertiary/aromatic N) is 3. The molecule has 0 unspecified atom stereocenters. The average molecular weight is 291 g/mol. The van der Waals surface area contributed by atoms with Crippen LogP contribution >= 0.6 is 11.6 Å². The Hall–Kier alpha value is -1.81. The number of hydrogen-bond donors (Lipinski definition) is 1. The second-order valence-corrected chi connectivity index (χ2v) is 5.10. The smallest absolute Gasteiger partial charge is 0.224 e. The van der Waals surface area contributed by atoms with E-state index in [0.717, 1.165) is 18.7 Å². The molecule has 0 atom stereocenters. The first-order valence-electron chi connectivity index (χ1n) is 6.68. The lowest BCUT2D eigenvalue weighted by Gasteiger charge is -2.20. The van der Waals surface area contributed by atoms with Crippen LogP contribution in [0.15, 0.2) is 30.5 Å². The molecule has 5 heteroatoms. The monoisotopic (exact) mass is 290 g/mol. The topological polar surface area (TPSA) is 41.1 Å². The summed E-state index contributed by atoms with van der Waals surface area (Å²) in [5.41, 5.74) is 2.25. The Morgan fingerprint density at radius 2 is 2.15 bits per heavy atom. The van der Waals surface area contributed by atoms with Gasteiger partial charge in [0, 0.05) is 19.3 Å². The molecule has 20 heavy (non-hydrogen) atoms. The van der Waals surface area contributed by atoms with Gasteiger partial charge in [-0.1, -0.05) is 30.7 Å². The number of benzene rings is 1. The molecule has 1 heterocycles. The zero-order valence-corrected chi connectivity index (χ0v) is 12.8. The molecule has 1 aromatic heterocycles. The van der Waals surface area contributed by atoms with Crippen LogP contribution in [0.4, 0.5) is 17.5 Å². The summed E-state index contributed by atoms with van der Waals surface area (Å²) < 4.78 is 0. The van der Waals surface area contributed by atoms with Crippen LogP contribution in [-0.2, 0) is 0 Å². The Balaban J connectivity index is 2.30. The van der Waals surface area contributed by atoms with Crippen molar-refractivity contribution in [1.29, 1.82) is 0 Å². The quantitative estimate of drug-likeness (QED) is 0.903. The molecule has 0 saturated carbocycles. The molecule has 0 saturated heterocycles. The van der Waals surface area contributed by atoms with E-state index >= 15 is 0 Å². The highest BCUT2D eigenvalue weighted by Crippen LogP contribution is 2.29. The molecule has 4 nitrogen and oxygen atoms in total. The van der Waals surface area contributed by atoms with Crippen LogP contribution < -0.4 is 10.2 Å². The highest BCUT2D eigenvalue weighted by atomic mass is 35.5. The van der Waals surface area contributed by atoms with Gasteiger partial charge in [0.25, 0.3) is 0 Å². The molecule has 1 aromatic carbocycles. The van der Waals surface area contributed by atoms with Gasteiger partial charge in [-0.25, -0.2) is 4.98 Å². The lowest BCUT2D eigenvalue weighted by Crippen LogP contribution is -2.14. The van der Waals surface area contributed by atoms with E-state index < -0.39 is 0 Å². The van der Waals surface area contributed by atoms with Gasteiger partial charge in [0.15, 0.2) is 5.82 Å². The van der Waals surface area contributed by atoms with Gasteiger partial charge in [-0.05, 0) is 31.0 Å². The summed E-state index contributed by atoms with van der Waals surface area (Å²) in [5.74, 6) is 1.30. The molecule has 0 aliphatic heterocycles. The first-order valence-corrected chi connectivity index (χ1v) is 7.06. The maximum atomic E-state index is 6.22. The van der Waals surface area contributed by atoms with E-state index in [9.17, 15) is 0 Å². The second kappa shape index (κ2) is 6.57. The van der Waals surface area contributed by atoms with E-state index in [-0.39, 0.29) is 0 Å². The fourth-order valence-electron chi connectivity index (χ4n) is 1.87. The summed E-state index contributed by atoms with van der Waals surface area (Å²) >= 11 is 6.22. The van der Waals surface area contributed by atoms with Crippen molar-refractivity contribution in [2.24, 2.45) is 0 Å². The standard InChI is InChI=1S/C15H19ClN4/c1-4-8-17-15-18-10-13(16)14(19-15)20(3)12-7-5-6-11(2)9-12/h5-7,9-10H,4,8H2,1-3H3,(H,17,18,19). The Labute approximate surface area is 124 Å². The predicted molar refractivity (Wildman–Crippen MR) is 85.1 cm³/mol. The minimum Gasteiger partial charge on any atom is -0.354 e. The van der Waals surface area contributed by atoms with Gasteiger partial charge < -0.3 is 10.2 Å². The number of nitrogens with one attached hydrogen (secondary N) is 1. The summed E-state index contributed by atoms with van der Waals surface area (Å²) in [7, 11) is 1.95. The van der Waals surface area contributed by atoms with Crippen LogP contribution in [0.5, 0.6) is 0 Å². The zero-order chi connectivity index (χ0) is 14.5. The molecular weight excluding hydrogens is 272 g/mol. The number of hydrogen-bond acceptors (Lipinski definition) is 4. The maximum Gasteiger partial charge on any atom is 0.224 e. The van der Waals surface area contributed by atoms with Gasteiger partial charge in [-0.3, -0.25) is 0 Å². The molecular formula is C15H19ClN4. The van der Waals surface area contributed by atoms with Crippen molar-refractivity contribution in [3.05, 3.63) is 41.0 Å². The average Bonchev–Trinajstić information content (AvgIpc) is 2.45. The van der Waals surface area contributed by atoms with Crippen molar-refractivity contribution in [2.45, 2.75) is 20.3 Å². The molecule has 0 aliphatic rings. The van der Waals surface area contributed by atoms with Crippen LogP contribution in [0.1, 0.15) is 18.9 Å². The van der Waals surface area contributed by atoms with Crippen LogP contribution in [0, 0.1) is 6.92 Å². The van der Waals surface area contributed by atoms with Crippen LogP contribution in [0.2, 0.25) is 5.02 Å². The molecule has 0 aliphatic carbocycles. The highest BCUT2D eigenvalue weighted by molar-refractivity contribution is 6.33. The number of halogens is 1. The van der Waals surface area contributed by atoms with Gasteiger partial charge >= 0.3 is 0 Å². The summed E-state index contributed by atoms with van der Waals surface area (Å²) in [5, 5.41) is 3.71. The molecule has 0 bridgehead atoms. The Bertz CT molecular complexity index is 586. The first-order chi connectivity index (χ1) is 9.61. The van der Waals surface area contributed by atoms with E-state index in [1.807, 2.05) is 24.1 Å². The van der Waals surface area contributed by atoms with Crippen molar-refractivity contribution < 1.29 is 0 Å². The van der Waals surface area contributed by atoms with E-state index in [4.69, 9.17) is 11.6 Å². The van der Waals surface area contributed by atoms with Crippen molar-refractivity contribution in [2.75, 3.05) is 23.8 Å². The van der Waals surface area contributed by atoms with E-state index in [0.29, 0.717) is 16.8 Å². The van der Waals surface area contributed by atoms with Crippen molar-refractivity contribution >= 4 is 29.1 Å². The van der Waals surface area contributed by atoms with E-state index in [1.54, 1.807) is 6.20 Å². The Morgan fingerprint density at radius 1 is 1.35 bits per heavy atom. The van der Waals surface area contributed by atoms with E-state index in [1.165, 1.54) is 5.56 Å². The molecule has 0 radical (unpaired) electrons. The van der Waals surface area contributed by atoms with Crippen LogP contribution in [0.25, 0.3) is 0 Å². The fraction of sp³-hybridized carbons (Fsp3) is 0.333. The largest absolute Gasteiger partial charge is 0.354 e. The van der Waals surface area contributed by atoms with Gasteiger partial charge in [-0.15, -0.1) is 0 Å². The number of aryl methyl sites for hydroxylation is 1. The number of rotatable bonds is 5. The van der Waals surface area contributed by atoms with Gasteiger partial charge in [0.1, 0.15) is 5.02 Å². The lowest BCUT2D eigenvalue weighted by molar-refractivity contribution is 0.948. The lowest BCUT2D eigenvalue weighted by atomic mass is 10.2. The maximum absolute atomic E-state index is 6.22. The normalized spacial score (nSPS) is 10.4. The van der Waals surface area contributed by atoms with Gasteiger partial charge in [0.2, 0.25) is 5.95 Å². The molecule has 0 amide bonds. The SMILES string of the molecule is CCCNc1ncc(Cl)c(N(C)c2cccc(C)c2)n1. The van der Waals surface area contributed by atoms with Gasteiger partial charge in [-0.2, -0.15) is 4.98 Å². The molecule has 2 rings (SSSR count). The van der Waals surface area contributed by atoms with Crippen molar-refractivity contribution in [1.82, 2.24) is 9.97 Å². The molecule has 106 valence electrons. The molecule has 1 N–H and O–H groups in total. The minimum atomic E-state index is 0.538. The van der Waals surface area contributed by atoms with E-state index in [2.05, 4.69) is 41.3 Å². The fourth-order valence-corrected chi connectivity index (χ4v) is 2.09. The van der Waals surface area contributed by atoms with Crippen molar-refractivity contribution in [3.63, 3.8) is 0 Å². The minimum absolute atomic E-state index is 0.538.